The first kappa shape index (κ1) is 11.4. The van der Waals surface area contributed by atoms with E-state index in [1.807, 2.05) is 0 Å². The summed E-state index contributed by atoms with van der Waals surface area (Å²) in [7, 11) is 3.43. The molecule has 4 nitrogen and oxygen atoms in total. The molecule has 0 fully saturated rings. The molecule has 0 aliphatic carbocycles. The standard InChI is InChI=1S/C8H18N2O2/c1-7(8(11)10(2)3)12-6-4-5-9/h7H,4-6,9H2,1-3H3. The third-order valence-electron chi connectivity index (χ3n) is 1.50. The highest BCUT2D eigenvalue weighted by Crippen LogP contribution is 1.95. The first-order chi connectivity index (χ1) is 5.59. The molecule has 0 bridgehead atoms. The summed E-state index contributed by atoms with van der Waals surface area (Å²) in [5.74, 6) is -0.00739. The highest BCUT2D eigenvalue weighted by Gasteiger charge is 2.14. The zero-order valence-electron chi connectivity index (χ0n) is 8.04. The van der Waals surface area contributed by atoms with Crippen molar-refractivity contribution < 1.29 is 9.53 Å². The Bertz CT molecular complexity index is 137. The maximum Gasteiger partial charge on any atom is 0.250 e. The number of hydrogen-bond donors (Lipinski definition) is 1. The summed E-state index contributed by atoms with van der Waals surface area (Å²) in [5.41, 5.74) is 5.28. The van der Waals surface area contributed by atoms with Crippen molar-refractivity contribution in [2.45, 2.75) is 19.4 Å². The van der Waals surface area contributed by atoms with E-state index < -0.39 is 0 Å². The molecule has 0 radical (unpaired) electrons. The molecule has 0 aromatic heterocycles. The van der Waals surface area contributed by atoms with Crippen LogP contribution in [0.1, 0.15) is 13.3 Å². The van der Waals surface area contributed by atoms with E-state index in [0.717, 1.165) is 6.42 Å². The Kier molecular flexibility index (Phi) is 5.66. The minimum absolute atomic E-state index is 0.00739. The van der Waals surface area contributed by atoms with Crippen LogP contribution in [0.2, 0.25) is 0 Å². The highest BCUT2D eigenvalue weighted by molar-refractivity contribution is 5.79. The van der Waals surface area contributed by atoms with Crippen LogP contribution in [0.5, 0.6) is 0 Å². The number of hydrogen-bond acceptors (Lipinski definition) is 3. The van der Waals surface area contributed by atoms with E-state index in [1.54, 1.807) is 21.0 Å². The van der Waals surface area contributed by atoms with Crippen molar-refractivity contribution in [3.05, 3.63) is 0 Å². The molecule has 0 aromatic carbocycles. The van der Waals surface area contributed by atoms with Crippen LogP contribution in [0.4, 0.5) is 0 Å². The zero-order chi connectivity index (χ0) is 9.56. The maximum atomic E-state index is 11.2. The lowest BCUT2D eigenvalue weighted by atomic mass is 10.3. The number of likely N-dealkylation sites (N-methyl/N-ethyl adjacent to an activating group) is 1. The van der Waals surface area contributed by atoms with Gasteiger partial charge in [-0.1, -0.05) is 0 Å². The van der Waals surface area contributed by atoms with Crippen LogP contribution >= 0.6 is 0 Å². The number of rotatable bonds is 5. The van der Waals surface area contributed by atoms with Crippen LogP contribution in [0.15, 0.2) is 0 Å². The molecule has 72 valence electrons. The molecule has 12 heavy (non-hydrogen) atoms. The average molecular weight is 174 g/mol. The van der Waals surface area contributed by atoms with E-state index in [4.69, 9.17) is 10.5 Å². The zero-order valence-corrected chi connectivity index (χ0v) is 8.04. The lowest BCUT2D eigenvalue weighted by Crippen LogP contribution is -2.33. The topological polar surface area (TPSA) is 55.6 Å². The van der Waals surface area contributed by atoms with Gasteiger partial charge in [0.05, 0.1) is 0 Å². The summed E-state index contributed by atoms with van der Waals surface area (Å²) in [6.07, 6.45) is 0.442. The van der Waals surface area contributed by atoms with Gasteiger partial charge >= 0.3 is 0 Å². The van der Waals surface area contributed by atoms with Crippen molar-refractivity contribution >= 4 is 5.91 Å². The van der Waals surface area contributed by atoms with Crippen LogP contribution in [0.3, 0.4) is 0 Å². The summed E-state index contributed by atoms with van der Waals surface area (Å²) < 4.78 is 5.23. The number of nitrogens with two attached hydrogens (primary N) is 1. The van der Waals surface area contributed by atoms with Gasteiger partial charge in [-0.3, -0.25) is 4.79 Å². The molecular weight excluding hydrogens is 156 g/mol. The normalized spacial score (nSPS) is 12.7. The summed E-state index contributed by atoms with van der Waals surface area (Å²) in [5, 5.41) is 0. The van der Waals surface area contributed by atoms with Crippen LogP contribution in [-0.4, -0.2) is 44.2 Å². The van der Waals surface area contributed by atoms with Gasteiger partial charge in [-0.2, -0.15) is 0 Å². The Morgan fingerprint density at radius 1 is 1.58 bits per heavy atom. The summed E-state index contributed by atoms with van der Waals surface area (Å²) in [4.78, 5) is 12.7. The minimum Gasteiger partial charge on any atom is -0.369 e. The SMILES string of the molecule is CC(OCCCN)C(=O)N(C)C. The average Bonchev–Trinajstić information content (AvgIpc) is 2.03. The fourth-order valence-corrected chi connectivity index (χ4v) is 0.778. The van der Waals surface area contributed by atoms with Gasteiger partial charge in [0.2, 0.25) is 0 Å². The van der Waals surface area contributed by atoms with E-state index in [9.17, 15) is 4.79 Å². The van der Waals surface area contributed by atoms with Gasteiger partial charge in [-0.05, 0) is 19.9 Å². The molecule has 0 saturated heterocycles. The van der Waals surface area contributed by atoms with Crippen LogP contribution < -0.4 is 5.73 Å². The fourth-order valence-electron chi connectivity index (χ4n) is 0.778. The van der Waals surface area contributed by atoms with Crippen LogP contribution in [0.25, 0.3) is 0 Å². The predicted molar refractivity (Wildman–Crippen MR) is 47.8 cm³/mol. The van der Waals surface area contributed by atoms with Gasteiger partial charge in [0, 0.05) is 20.7 Å². The minimum atomic E-state index is -0.355. The second kappa shape index (κ2) is 5.97. The van der Waals surface area contributed by atoms with Crippen molar-refractivity contribution in [3.63, 3.8) is 0 Å². The van der Waals surface area contributed by atoms with Crippen molar-refractivity contribution in [2.75, 3.05) is 27.2 Å². The molecule has 1 atom stereocenters. The molecule has 0 aromatic rings. The molecule has 4 heteroatoms. The van der Waals surface area contributed by atoms with E-state index in [1.165, 1.54) is 4.90 Å². The molecule has 1 amide bonds. The van der Waals surface area contributed by atoms with Gasteiger partial charge in [0.25, 0.3) is 5.91 Å². The summed E-state index contributed by atoms with van der Waals surface area (Å²) in [6.45, 7) is 2.90. The first-order valence-corrected chi connectivity index (χ1v) is 4.12. The van der Waals surface area contributed by atoms with E-state index in [0.29, 0.717) is 13.2 Å². The van der Waals surface area contributed by atoms with E-state index in [-0.39, 0.29) is 12.0 Å². The smallest absolute Gasteiger partial charge is 0.250 e. The Morgan fingerprint density at radius 3 is 2.58 bits per heavy atom. The van der Waals surface area contributed by atoms with E-state index in [2.05, 4.69) is 0 Å². The molecule has 0 spiro atoms. The lowest BCUT2D eigenvalue weighted by molar-refractivity contribution is -0.140. The molecule has 0 aliphatic rings. The molecule has 0 saturated carbocycles. The molecule has 0 rings (SSSR count). The molecule has 2 N–H and O–H groups in total. The quantitative estimate of drug-likeness (QED) is 0.589. The third kappa shape index (κ3) is 4.31. The monoisotopic (exact) mass is 174 g/mol. The van der Waals surface area contributed by atoms with Gasteiger partial charge in [0.15, 0.2) is 0 Å². The summed E-state index contributed by atoms with van der Waals surface area (Å²) >= 11 is 0. The van der Waals surface area contributed by atoms with Crippen LogP contribution in [0, 0.1) is 0 Å². The van der Waals surface area contributed by atoms with Crippen molar-refractivity contribution in [1.29, 1.82) is 0 Å². The Labute approximate surface area is 73.7 Å². The summed E-state index contributed by atoms with van der Waals surface area (Å²) in [6, 6.07) is 0. The van der Waals surface area contributed by atoms with Crippen molar-refractivity contribution in [2.24, 2.45) is 5.73 Å². The van der Waals surface area contributed by atoms with Gasteiger partial charge in [-0.15, -0.1) is 0 Å². The largest absolute Gasteiger partial charge is 0.369 e. The van der Waals surface area contributed by atoms with Gasteiger partial charge in [-0.25, -0.2) is 0 Å². The predicted octanol–water partition coefficient (Wildman–Crippen LogP) is -0.171. The van der Waals surface area contributed by atoms with Gasteiger partial charge in [0.1, 0.15) is 6.10 Å². The fraction of sp³-hybridized carbons (Fsp3) is 0.875. The number of carbonyl (C=O) groups is 1. The molecular formula is C8H18N2O2. The maximum absolute atomic E-state index is 11.2. The molecule has 0 heterocycles. The van der Waals surface area contributed by atoms with E-state index >= 15 is 0 Å². The Morgan fingerprint density at radius 2 is 2.17 bits per heavy atom. The number of nitrogens with zero attached hydrogens (tertiary/aromatic N) is 1. The third-order valence-corrected chi connectivity index (χ3v) is 1.50. The highest BCUT2D eigenvalue weighted by atomic mass is 16.5. The van der Waals surface area contributed by atoms with Crippen LogP contribution in [-0.2, 0) is 9.53 Å². The number of ether oxygens (including phenoxy) is 1. The lowest BCUT2D eigenvalue weighted by Gasteiger charge is -2.16. The van der Waals surface area contributed by atoms with Crippen molar-refractivity contribution in [1.82, 2.24) is 4.90 Å². The molecule has 1 unspecified atom stereocenters. The second-order valence-electron chi connectivity index (χ2n) is 2.89. The number of amides is 1. The number of carbonyl (C=O) groups excluding carboxylic acids is 1. The Hall–Kier alpha value is -0.610. The molecule has 0 aliphatic heterocycles. The van der Waals surface area contributed by atoms with Gasteiger partial charge < -0.3 is 15.4 Å². The first-order valence-electron chi connectivity index (χ1n) is 4.12. The van der Waals surface area contributed by atoms with Crippen molar-refractivity contribution in [3.8, 4) is 0 Å². The second-order valence-corrected chi connectivity index (χ2v) is 2.89. The Balaban J connectivity index is 3.57.